The van der Waals surface area contributed by atoms with E-state index in [2.05, 4.69) is 4.90 Å². The molecule has 0 spiro atoms. The van der Waals surface area contributed by atoms with Crippen LogP contribution in [0.15, 0.2) is 36.5 Å². The number of carbonyl (C=O) groups is 1. The Kier molecular flexibility index (Phi) is 3.66. The van der Waals surface area contributed by atoms with Crippen LogP contribution in [-0.2, 0) is 11.8 Å². The third kappa shape index (κ3) is 2.52. The fraction of sp³-hybridized carbons (Fsp3) is 0.312. The molecule has 0 saturated carbocycles. The lowest BCUT2D eigenvalue weighted by Gasteiger charge is -2.30. The molecule has 0 aliphatic carbocycles. The number of morpholine rings is 1. The average Bonchev–Trinajstić information content (AvgIpc) is 2.86. The Morgan fingerprint density at radius 2 is 1.86 bits per heavy atom. The van der Waals surface area contributed by atoms with E-state index in [9.17, 15) is 4.79 Å². The zero-order valence-corrected chi connectivity index (χ0v) is 12.1. The first-order valence-electron chi connectivity index (χ1n) is 7.05. The van der Waals surface area contributed by atoms with E-state index >= 15 is 0 Å². The summed E-state index contributed by atoms with van der Waals surface area (Å²) in [7, 11) is 1.86. The molecule has 1 saturated heterocycles. The molecule has 5 nitrogen and oxygen atoms in total. The van der Waals surface area contributed by atoms with Gasteiger partial charge >= 0.3 is 0 Å². The van der Waals surface area contributed by atoms with Crippen LogP contribution in [-0.4, -0.2) is 36.8 Å². The molecular weight excluding hydrogens is 266 g/mol. The fourth-order valence-electron chi connectivity index (χ4n) is 2.84. The zero-order chi connectivity index (χ0) is 14.8. The van der Waals surface area contributed by atoms with Crippen LogP contribution in [0, 0.1) is 0 Å². The maximum Gasteiger partial charge on any atom is 0.267 e. The first-order valence-corrected chi connectivity index (χ1v) is 7.05. The van der Waals surface area contributed by atoms with Crippen molar-refractivity contribution in [3.05, 3.63) is 42.2 Å². The predicted octanol–water partition coefficient (Wildman–Crippen LogP) is 1.63. The van der Waals surface area contributed by atoms with E-state index < -0.39 is 5.91 Å². The molecular formula is C16H19N3O2. The van der Waals surface area contributed by atoms with Crippen molar-refractivity contribution >= 4 is 11.6 Å². The number of hydrogen-bond donors (Lipinski definition) is 1. The maximum absolute atomic E-state index is 11.9. The second-order valence-electron chi connectivity index (χ2n) is 5.18. The molecule has 2 N–H and O–H groups in total. The van der Waals surface area contributed by atoms with E-state index in [1.54, 1.807) is 0 Å². The van der Waals surface area contributed by atoms with Crippen LogP contribution >= 0.6 is 0 Å². The number of benzene rings is 1. The first-order chi connectivity index (χ1) is 10.2. The van der Waals surface area contributed by atoms with Crippen molar-refractivity contribution in [3.63, 3.8) is 0 Å². The van der Waals surface area contributed by atoms with Gasteiger partial charge in [0, 0.05) is 31.9 Å². The van der Waals surface area contributed by atoms with Gasteiger partial charge in [0.2, 0.25) is 0 Å². The van der Waals surface area contributed by atoms with Crippen LogP contribution in [0.25, 0.3) is 11.1 Å². The Balaban J connectivity index is 2.15. The number of carbonyl (C=O) groups excluding carboxylic acids is 1. The maximum atomic E-state index is 11.9. The van der Waals surface area contributed by atoms with E-state index in [1.165, 1.54) is 0 Å². The molecule has 1 aromatic carbocycles. The molecule has 1 amide bonds. The van der Waals surface area contributed by atoms with Gasteiger partial charge in [-0.1, -0.05) is 30.3 Å². The lowest BCUT2D eigenvalue weighted by Crippen LogP contribution is -2.37. The normalized spacial score (nSPS) is 15.2. The number of aromatic nitrogens is 1. The van der Waals surface area contributed by atoms with E-state index in [4.69, 9.17) is 10.5 Å². The van der Waals surface area contributed by atoms with E-state index in [0.717, 1.165) is 29.9 Å². The summed E-state index contributed by atoms with van der Waals surface area (Å²) >= 11 is 0. The van der Waals surface area contributed by atoms with Crippen LogP contribution in [0.2, 0.25) is 0 Å². The van der Waals surface area contributed by atoms with Gasteiger partial charge in [0.15, 0.2) is 0 Å². The molecule has 1 aliphatic rings. The van der Waals surface area contributed by atoms with Crippen LogP contribution < -0.4 is 10.6 Å². The number of hydrogen-bond acceptors (Lipinski definition) is 3. The molecule has 1 fully saturated rings. The lowest BCUT2D eigenvalue weighted by molar-refractivity contribution is 0.0990. The molecule has 0 unspecified atom stereocenters. The SMILES string of the molecule is Cn1cc(-c2ccccc2)c(N2CCOCC2)c1C(N)=O. The van der Waals surface area contributed by atoms with Gasteiger partial charge in [-0.25, -0.2) is 0 Å². The van der Waals surface area contributed by atoms with E-state index in [0.29, 0.717) is 18.9 Å². The topological polar surface area (TPSA) is 60.5 Å². The second-order valence-corrected chi connectivity index (χ2v) is 5.18. The van der Waals surface area contributed by atoms with Crippen molar-refractivity contribution in [1.82, 2.24) is 4.57 Å². The molecule has 110 valence electrons. The van der Waals surface area contributed by atoms with Gasteiger partial charge in [0.05, 0.1) is 18.9 Å². The van der Waals surface area contributed by atoms with Gasteiger partial charge in [0.25, 0.3) is 5.91 Å². The van der Waals surface area contributed by atoms with Crippen molar-refractivity contribution in [2.24, 2.45) is 12.8 Å². The summed E-state index contributed by atoms with van der Waals surface area (Å²) in [6, 6.07) is 10.1. The quantitative estimate of drug-likeness (QED) is 0.932. The van der Waals surface area contributed by atoms with Gasteiger partial charge in [-0.2, -0.15) is 0 Å². The molecule has 2 aromatic rings. The Morgan fingerprint density at radius 1 is 1.19 bits per heavy atom. The minimum absolute atomic E-state index is 0.402. The van der Waals surface area contributed by atoms with Crippen molar-refractivity contribution in [1.29, 1.82) is 0 Å². The number of aryl methyl sites for hydroxylation is 1. The summed E-state index contributed by atoms with van der Waals surface area (Å²) in [5.41, 5.74) is 9.18. The van der Waals surface area contributed by atoms with Crippen LogP contribution in [0.4, 0.5) is 5.69 Å². The summed E-state index contributed by atoms with van der Waals surface area (Å²) in [6.45, 7) is 2.87. The highest BCUT2D eigenvalue weighted by Crippen LogP contribution is 2.35. The average molecular weight is 285 g/mol. The Hall–Kier alpha value is -2.27. The van der Waals surface area contributed by atoms with Gasteiger partial charge in [-0.15, -0.1) is 0 Å². The molecule has 21 heavy (non-hydrogen) atoms. The van der Waals surface area contributed by atoms with Crippen molar-refractivity contribution in [2.75, 3.05) is 31.2 Å². The molecule has 5 heteroatoms. The van der Waals surface area contributed by atoms with Gasteiger partial charge in [0.1, 0.15) is 5.69 Å². The summed E-state index contributed by atoms with van der Waals surface area (Å²) in [4.78, 5) is 14.1. The third-order valence-electron chi connectivity index (χ3n) is 3.80. The molecule has 0 bridgehead atoms. The largest absolute Gasteiger partial charge is 0.378 e. The highest BCUT2D eigenvalue weighted by Gasteiger charge is 2.25. The smallest absolute Gasteiger partial charge is 0.267 e. The second kappa shape index (κ2) is 5.61. The predicted molar refractivity (Wildman–Crippen MR) is 82.4 cm³/mol. The summed E-state index contributed by atoms with van der Waals surface area (Å²) in [6.07, 6.45) is 1.97. The molecule has 3 rings (SSSR count). The number of rotatable bonds is 3. The fourth-order valence-corrected chi connectivity index (χ4v) is 2.84. The monoisotopic (exact) mass is 285 g/mol. The number of ether oxygens (including phenoxy) is 1. The molecule has 0 radical (unpaired) electrons. The minimum Gasteiger partial charge on any atom is -0.378 e. The Morgan fingerprint density at radius 3 is 2.48 bits per heavy atom. The van der Waals surface area contributed by atoms with Gasteiger partial charge < -0.3 is 19.9 Å². The number of nitrogens with zero attached hydrogens (tertiary/aromatic N) is 2. The standard InChI is InChI=1S/C16H19N3O2/c1-18-11-13(12-5-3-2-4-6-12)14(15(18)16(17)20)19-7-9-21-10-8-19/h2-6,11H,7-10H2,1H3,(H2,17,20). The van der Waals surface area contributed by atoms with Crippen LogP contribution in [0.1, 0.15) is 10.5 Å². The van der Waals surface area contributed by atoms with Crippen molar-refractivity contribution < 1.29 is 9.53 Å². The Bertz CT molecular complexity index is 643. The number of primary amides is 1. The lowest BCUT2D eigenvalue weighted by atomic mass is 10.1. The van der Waals surface area contributed by atoms with Gasteiger partial charge in [-0.3, -0.25) is 4.79 Å². The summed E-state index contributed by atoms with van der Waals surface area (Å²) < 4.78 is 7.22. The van der Waals surface area contributed by atoms with E-state index in [1.807, 2.05) is 48.1 Å². The molecule has 1 aliphatic heterocycles. The Labute approximate surface area is 123 Å². The molecule has 0 atom stereocenters. The van der Waals surface area contributed by atoms with Crippen LogP contribution in [0.5, 0.6) is 0 Å². The van der Waals surface area contributed by atoms with E-state index in [-0.39, 0.29) is 0 Å². The van der Waals surface area contributed by atoms with Crippen molar-refractivity contribution in [2.45, 2.75) is 0 Å². The number of nitrogens with two attached hydrogens (primary N) is 1. The highest BCUT2D eigenvalue weighted by molar-refractivity contribution is 6.02. The summed E-state index contributed by atoms with van der Waals surface area (Å²) in [5, 5.41) is 0. The highest BCUT2D eigenvalue weighted by atomic mass is 16.5. The number of amides is 1. The summed E-state index contributed by atoms with van der Waals surface area (Å²) in [5.74, 6) is -0.402. The number of anilines is 1. The van der Waals surface area contributed by atoms with Crippen LogP contribution in [0.3, 0.4) is 0 Å². The molecule has 1 aromatic heterocycles. The molecule has 2 heterocycles. The van der Waals surface area contributed by atoms with Crippen molar-refractivity contribution in [3.8, 4) is 11.1 Å². The van der Waals surface area contributed by atoms with Gasteiger partial charge in [-0.05, 0) is 5.56 Å². The minimum atomic E-state index is -0.402. The first kappa shape index (κ1) is 13.7. The third-order valence-corrected chi connectivity index (χ3v) is 3.80. The zero-order valence-electron chi connectivity index (χ0n) is 12.1.